The van der Waals surface area contributed by atoms with Gasteiger partial charge in [0.1, 0.15) is 41.4 Å². The fourth-order valence-corrected chi connectivity index (χ4v) is 3.90. The van der Waals surface area contributed by atoms with Gasteiger partial charge < -0.3 is 23.8 Å². The highest BCUT2D eigenvalue weighted by Gasteiger charge is 2.49. The molecule has 4 rings (SSSR count). The first-order chi connectivity index (χ1) is 16.9. The number of aryl methyl sites for hydroxylation is 1. The molecule has 1 saturated heterocycles. The third-order valence-electron chi connectivity index (χ3n) is 5.53. The second kappa shape index (κ2) is 9.76. The van der Waals surface area contributed by atoms with Crippen molar-refractivity contribution in [2.45, 2.75) is 13.0 Å². The molecule has 1 N–H and O–H groups in total. The first kappa shape index (κ1) is 23.6. The minimum absolute atomic E-state index is 0.123. The van der Waals surface area contributed by atoms with Crippen LogP contribution in [-0.2, 0) is 9.59 Å². The number of anilines is 1. The van der Waals surface area contributed by atoms with Gasteiger partial charge in [-0.1, -0.05) is 17.8 Å². The summed E-state index contributed by atoms with van der Waals surface area (Å²) in [5.41, 5.74) is 0.637. The summed E-state index contributed by atoms with van der Waals surface area (Å²) < 4.78 is 21.5. The van der Waals surface area contributed by atoms with Crippen LogP contribution in [0.1, 0.15) is 22.9 Å². The summed E-state index contributed by atoms with van der Waals surface area (Å²) in [6.07, 6.45) is 1.61. The summed E-state index contributed by atoms with van der Waals surface area (Å²) >= 11 is 0. The number of ether oxygens (including phenoxy) is 3. The summed E-state index contributed by atoms with van der Waals surface area (Å²) in [6.45, 7) is 5.60. The van der Waals surface area contributed by atoms with E-state index in [2.05, 4.69) is 11.7 Å². The molecule has 9 nitrogen and oxygen atoms in total. The van der Waals surface area contributed by atoms with E-state index in [1.807, 2.05) is 0 Å². The molecule has 0 unspecified atom stereocenters. The van der Waals surface area contributed by atoms with Crippen molar-refractivity contribution in [3.05, 3.63) is 83.6 Å². The van der Waals surface area contributed by atoms with Gasteiger partial charge in [-0.05, 0) is 49.4 Å². The van der Waals surface area contributed by atoms with Crippen LogP contribution >= 0.6 is 0 Å². The average Bonchev–Trinajstić information content (AvgIpc) is 3.42. The Morgan fingerprint density at radius 1 is 1.11 bits per heavy atom. The van der Waals surface area contributed by atoms with Gasteiger partial charge in [-0.3, -0.25) is 14.5 Å². The SMILES string of the molecule is C=CCOc1ccc(C(O)=C2C(=O)C(=O)N(c3cc(C)on3)[C@@H]2c2cc(OC)ccc2OC)cc1. The number of methoxy groups -OCH3 is 2. The number of aromatic nitrogens is 1. The van der Waals surface area contributed by atoms with E-state index in [9.17, 15) is 14.7 Å². The number of aliphatic hydroxyl groups is 1. The minimum Gasteiger partial charge on any atom is -0.507 e. The van der Waals surface area contributed by atoms with Crippen molar-refractivity contribution in [2.24, 2.45) is 0 Å². The average molecular weight is 476 g/mol. The highest BCUT2D eigenvalue weighted by atomic mass is 16.5. The zero-order chi connectivity index (χ0) is 25.1. The van der Waals surface area contributed by atoms with E-state index >= 15 is 0 Å². The van der Waals surface area contributed by atoms with Gasteiger partial charge in [-0.15, -0.1) is 0 Å². The monoisotopic (exact) mass is 476 g/mol. The van der Waals surface area contributed by atoms with Crippen LogP contribution in [0.25, 0.3) is 5.76 Å². The largest absolute Gasteiger partial charge is 0.507 e. The molecule has 0 aliphatic carbocycles. The second-order valence-electron chi connectivity index (χ2n) is 7.70. The Morgan fingerprint density at radius 3 is 2.43 bits per heavy atom. The highest BCUT2D eigenvalue weighted by Crippen LogP contribution is 2.45. The van der Waals surface area contributed by atoms with Gasteiger partial charge in [0.25, 0.3) is 5.78 Å². The van der Waals surface area contributed by atoms with Crippen molar-refractivity contribution in [1.29, 1.82) is 0 Å². The molecule has 0 radical (unpaired) electrons. The zero-order valence-electron chi connectivity index (χ0n) is 19.5. The molecule has 1 atom stereocenters. The van der Waals surface area contributed by atoms with E-state index in [-0.39, 0.29) is 17.2 Å². The Bertz CT molecular complexity index is 1310. The Hall–Kier alpha value is -4.53. The Balaban J connectivity index is 1.92. The van der Waals surface area contributed by atoms with Crippen molar-refractivity contribution >= 4 is 23.3 Å². The first-order valence-corrected chi connectivity index (χ1v) is 10.7. The van der Waals surface area contributed by atoms with Crippen molar-refractivity contribution in [3.63, 3.8) is 0 Å². The van der Waals surface area contributed by atoms with Crippen LogP contribution in [0.2, 0.25) is 0 Å². The molecule has 0 spiro atoms. The topological polar surface area (TPSA) is 111 Å². The molecule has 1 aliphatic heterocycles. The van der Waals surface area contributed by atoms with Crippen molar-refractivity contribution < 1.29 is 33.4 Å². The fourth-order valence-electron chi connectivity index (χ4n) is 3.90. The van der Waals surface area contributed by atoms with Gasteiger partial charge in [0.05, 0.1) is 19.8 Å². The zero-order valence-corrected chi connectivity index (χ0v) is 19.5. The quantitative estimate of drug-likeness (QED) is 0.223. The summed E-state index contributed by atoms with van der Waals surface area (Å²) in [7, 11) is 2.97. The van der Waals surface area contributed by atoms with E-state index in [0.29, 0.717) is 40.7 Å². The molecule has 1 aliphatic rings. The number of rotatable bonds is 8. The van der Waals surface area contributed by atoms with Crippen molar-refractivity contribution in [1.82, 2.24) is 5.16 Å². The predicted molar refractivity (Wildman–Crippen MR) is 128 cm³/mol. The second-order valence-corrected chi connectivity index (χ2v) is 7.70. The number of hydrogen-bond donors (Lipinski definition) is 1. The summed E-state index contributed by atoms with van der Waals surface area (Å²) in [5, 5.41) is 15.2. The Morgan fingerprint density at radius 2 is 1.83 bits per heavy atom. The normalized spacial score (nSPS) is 16.9. The number of Topliss-reactive ketones (excluding diaryl/α,β-unsaturated/α-hetero) is 1. The number of ketones is 1. The minimum atomic E-state index is -1.05. The van der Waals surface area contributed by atoms with Gasteiger partial charge >= 0.3 is 5.91 Å². The maximum absolute atomic E-state index is 13.3. The third kappa shape index (κ3) is 4.35. The molecule has 1 amide bonds. The lowest BCUT2D eigenvalue weighted by atomic mass is 9.94. The molecule has 35 heavy (non-hydrogen) atoms. The number of hydrogen-bond acceptors (Lipinski definition) is 8. The van der Waals surface area contributed by atoms with Gasteiger partial charge in [0.15, 0.2) is 5.82 Å². The van der Waals surface area contributed by atoms with Crippen LogP contribution in [0.15, 0.2) is 71.3 Å². The fraction of sp³-hybridized carbons (Fsp3) is 0.192. The Kier molecular flexibility index (Phi) is 6.59. The van der Waals surface area contributed by atoms with E-state index in [1.54, 1.807) is 55.5 Å². The van der Waals surface area contributed by atoms with E-state index in [0.717, 1.165) is 0 Å². The van der Waals surface area contributed by atoms with Gasteiger partial charge in [-0.25, -0.2) is 0 Å². The summed E-state index contributed by atoms with van der Waals surface area (Å²) in [5.74, 6) is -0.0682. The predicted octanol–water partition coefficient (Wildman–Crippen LogP) is 4.19. The van der Waals surface area contributed by atoms with Gasteiger partial charge in [0.2, 0.25) is 0 Å². The standard InChI is InChI=1S/C26H24N2O7/c1-5-12-34-17-8-6-16(7-9-17)24(29)22-23(19-14-18(32-3)10-11-20(19)33-4)28(26(31)25(22)30)21-13-15(2)35-27-21/h5-11,13-14,23,29H,1,12H2,2-4H3/t23-/m1/s1. The molecule has 0 saturated carbocycles. The highest BCUT2D eigenvalue weighted by molar-refractivity contribution is 6.51. The number of amides is 1. The van der Waals surface area contributed by atoms with E-state index in [4.69, 9.17) is 18.7 Å². The van der Waals surface area contributed by atoms with Gasteiger partial charge in [-0.2, -0.15) is 0 Å². The molecule has 9 heteroatoms. The number of carbonyl (C=O) groups excluding carboxylic acids is 2. The smallest absolute Gasteiger partial charge is 0.301 e. The molecule has 1 aromatic heterocycles. The van der Waals surface area contributed by atoms with Crippen LogP contribution in [0.4, 0.5) is 5.82 Å². The molecule has 3 aromatic rings. The number of aliphatic hydroxyl groups excluding tert-OH is 1. The third-order valence-corrected chi connectivity index (χ3v) is 5.53. The van der Waals surface area contributed by atoms with Crippen LogP contribution in [0.3, 0.4) is 0 Å². The lowest BCUT2D eigenvalue weighted by Gasteiger charge is -2.24. The van der Waals surface area contributed by atoms with Crippen LogP contribution in [-0.4, -0.2) is 42.8 Å². The maximum Gasteiger partial charge on any atom is 0.301 e. The molecule has 0 bridgehead atoms. The Labute approximate surface area is 201 Å². The lowest BCUT2D eigenvalue weighted by Crippen LogP contribution is -2.30. The van der Waals surface area contributed by atoms with Crippen LogP contribution in [0.5, 0.6) is 17.2 Å². The molecule has 180 valence electrons. The molecular formula is C26H24N2O7. The molecule has 2 heterocycles. The van der Waals surface area contributed by atoms with Crippen molar-refractivity contribution in [3.8, 4) is 17.2 Å². The van der Waals surface area contributed by atoms with Gasteiger partial charge in [0, 0.05) is 17.2 Å². The number of benzene rings is 2. The first-order valence-electron chi connectivity index (χ1n) is 10.7. The summed E-state index contributed by atoms with van der Waals surface area (Å²) in [6, 6.07) is 12.0. The van der Waals surface area contributed by atoms with Crippen LogP contribution in [0, 0.1) is 6.92 Å². The maximum atomic E-state index is 13.3. The van der Waals surface area contributed by atoms with Crippen molar-refractivity contribution in [2.75, 3.05) is 25.7 Å². The lowest BCUT2D eigenvalue weighted by molar-refractivity contribution is -0.132. The van der Waals surface area contributed by atoms with Crippen LogP contribution < -0.4 is 19.1 Å². The molecular weight excluding hydrogens is 452 g/mol. The molecule has 2 aromatic carbocycles. The molecule has 1 fully saturated rings. The number of nitrogens with zero attached hydrogens (tertiary/aromatic N) is 2. The van der Waals surface area contributed by atoms with E-state index < -0.39 is 17.7 Å². The van der Waals surface area contributed by atoms with E-state index in [1.165, 1.54) is 25.2 Å². The number of carbonyl (C=O) groups is 2. The summed E-state index contributed by atoms with van der Waals surface area (Å²) in [4.78, 5) is 27.7.